The first kappa shape index (κ1) is 13.4. The molecular weight excluding hydrogens is 304 g/mol. The molecule has 0 unspecified atom stereocenters. The van der Waals surface area contributed by atoms with Crippen LogP contribution in [-0.2, 0) is 4.74 Å². The third-order valence-corrected chi connectivity index (χ3v) is 5.53. The van der Waals surface area contributed by atoms with E-state index in [0.717, 1.165) is 0 Å². The largest absolute Gasteiger partial charge is 0.357 e. The molecule has 2 aliphatic heterocycles. The monoisotopic (exact) mass is 320 g/mol. The van der Waals surface area contributed by atoms with Gasteiger partial charge in [0.05, 0.1) is 0 Å². The second-order valence-electron chi connectivity index (χ2n) is 6.89. The molecule has 2 heterocycles. The van der Waals surface area contributed by atoms with E-state index in [2.05, 4.69) is 84.9 Å². The topological polar surface area (TPSA) is 9.23 Å². The molecule has 7 rings (SSSR count). The van der Waals surface area contributed by atoms with E-state index >= 15 is 0 Å². The van der Waals surface area contributed by atoms with Gasteiger partial charge in [0.2, 0.25) is 0 Å². The molecule has 0 saturated heterocycles. The Kier molecular flexibility index (Phi) is 2.58. The van der Waals surface area contributed by atoms with Gasteiger partial charge in [-0.1, -0.05) is 78.9 Å². The molecule has 0 amide bonds. The molecule has 3 aromatic carbocycles. The fourth-order valence-corrected chi connectivity index (χ4v) is 4.40. The fourth-order valence-electron chi connectivity index (χ4n) is 4.40. The summed E-state index contributed by atoms with van der Waals surface area (Å²) in [5.74, 6) is 0. The van der Waals surface area contributed by atoms with Crippen molar-refractivity contribution in [2.75, 3.05) is 0 Å². The predicted octanol–water partition coefficient (Wildman–Crippen LogP) is 5.58. The molecule has 0 radical (unpaired) electrons. The van der Waals surface area contributed by atoms with Crippen molar-refractivity contribution in [3.8, 4) is 22.3 Å². The van der Waals surface area contributed by atoms with E-state index in [1.807, 2.05) is 0 Å². The van der Waals surface area contributed by atoms with Crippen LogP contribution < -0.4 is 0 Å². The van der Waals surface area contributed by atoms with E-state index in [1.165, 1.54) is 44.5 Å². The summed E-state index contributed by atoms with van der Waals surface area (Å²) in [5.41, 5.74) is 10.3. The maximum absolute atomic E-state index is 6.18. The van der Waals surface area contributed by atoms with Crippen molar-refractivity contribution in [2.45, 2.75) is 12.2 Å². The maximum atomic E-state index is 6.18. The van der Waals surface area contributed by atoms with Gasteiger partial charge in [0.15, 0.2) is 0 Å². The molecule has 1 heteroatoms. The smallest absolute Gasteiger partial charge is 0.103 e. The zero-order chi connectivity index (χ0) is 16.4. The van der Waals surface area contributed by atoms with Gasteiger partial charge in [-0.2, -0.15) is 0 Å². The first-order valence-electron chi connectivity index (χ1n) is 8.77. The number of fused-ring (bicyclic) bond motifs is 4. The standard InChI is InChI=1S/C24H16O/c1-2-7-20-17-4-3-5-18(14-17)24-22-13-12-21(25-22)23(24)16-10-8-15(9-11-16)19(20)6-1/h1-14,21-22H/t21-,22+/m1/s1. The fraction of sp³-hybridized carbons (Fsp3) is 0.0833. The third-order valence-electron chi connectivity index (χ3n) is 5.53. The molecule has 118 valence electrons. The van der Waals surface area contributed by atoms with Gasteiger partial charge in [0.25, 0.3) is 0 Å². The van der Waals surface area contributed by atoms with Gasteiger partial charge < -0.3 is 4.74 Å². The van der Waals surface area contributed by atoms with Crippen molar-refractivity contribution in [3.63, 3.8) is 0 Å². The van der Waals surface area contributed by atoms with Crippen LogP contribution in [0.15, 0.2) is 84.9 Å². The first-order valence-corrected chi connectivity index (χ1v) is 8.77. The normalized spacial score (nSPS) is 21.9. The summed E-state index contributed by atoms with van der Waals surface area (Å²) < 4.78 is 6.18. The van der Waals surface area contributed by atoms with Crippen LogP contribution in [0.1, 0.15) is 11.1 Å². The lowest BCUT2D eigenvalue weighted by Crippen LogP contribution is -2.03. The molecule has 25 heavy (non-hydrogen) atoms. The second kappa shape index (κ2) is 4.81. The van der Waals surface area contributed by atoms with Crippen LogP contribution in [0, 0.1) is 0 Å². The Morgan fingerprint density at radius 3 is 1.88 bits per heavy atom. The average molecular weight is 320 g/mol. The van der Waals surface area contributed by atoms with E-state index in [1.54, 1.807) is 0 Å². The summed E-state index contributed by atoms with van der Waals surface area (Å²) in [4.78, 5) is 0. The number of hydrogen-bond donors (Lipinski definition) is 0. The summed E-state index contributed by atoms with van der Waals surface area (Å²) in [6.45, 7) is 0. The molecule has 0 fully saturated rings. The van der Waals surface area contributed by atoms with Crippen molar-refractivity contribution >= 4 is 11.1 Å². The summed E-state index contributed by atoms with van der Waals surface area (Å²) in [6, 6.07) is 26.5. The minimum absolute atomic E-state index is 0.0749. The minimum Gasteiger partial charge on any atom is -0.357 e. The summed E-state index contributed by atoms with van der Waals surface area (Å²) in [6.07, 6.45) is 4.54. The molecule has 0 N–H and O–H groups in total. The average Bonchev–Trinajstić information content (AvgIpc) is 3.29. The van der Waals surface area contributed by atoms with Gasteiger partial charge in [0, 0.05) is 0 Å². The maximum Gasteiger partial charge on any atom is 0.103 e. The van der Waals surface area contributed by atoms with Crippen molar-refractivity contribution < 1.29 is 4.74 Å². The lowest BCUT2D eigenvalue weighted by atomic mass is 9.87. The van der Waals surface area contributed by atoms with Gasteiger partial charge in [-0.05, 0) is 50.6 Å². The molecular formula is C24H16O. The molecule has 0 spiro atoms. The highest BCUT2D eigenvalue weighted by atomic mass is 16.5. The van der Waals surface area contributed by atoms with Gasteiger partial charge in [0.1, 0.15) is 12.2 Å². The quantitative estimate of drug-likeness (QED) is 0.491. The van der Waals surface area contributed by atoms with Crippen molar-refractivity contribution in [2.24, 2.45) is 0 Å². The van der Waals surface area contributed by atoms with Crippen molar-refractivity contribution in [1.29, 1.82) is 0 Å². The summed E-state index contributed by atoms with van der Waals surface area (Å²) in [7, 11) is 0. The van der Waals surface area contributed by atoms with Gasteiger partial charge in [-0.25, -0.2) is 0 Å². The second-order valence-corrected chi connectivity index (χ2v) is 6.89. The number of rotatable bonds is 0. The Morgan fingerprint density at radius 1 is 0.520 bits per heavy atom. The van der Waals surface area contributed by atoms with Crippen LogP contribution in [0.25, 0.3) is 33.4 Å². The van der Waals surface area contributed by atoms with Crippen LogP contribution in [0.3, 0.4) is 0 Å². The molecule has 0 saturated carbocycles. The Bertz CT molecular complexity index is 1070. The summed E-state index contributed by atoms with van der Waals surface area (Å²) >= 11 is 0. The van der Waals surface area contributed by atoms with E-state index in [-0.39, 0.29) is 12.2 Å². The zero-order valence-corrected chi connectivity index (χ0v) is 13.6. The highest BCUT2D eigenvalue weighted by molar-refractivity contribution is 6.00. The van der Waals surface area contributed by atoms with Gasteiger partial charge >= 0.3 is 0 Å². The van der Waals surface area contributed by atoms with Crippen molar-refractivity contribution in [3.05, 3.63) is 96.1 Å². The Morgan fingerprint density at radius 2 is 1.12 bits per heavy atom. The lowest BCUT2D eigenvalue weighted by molar-refractivity contribution is 0.143. The van der Waals surface area contributed by atoms with Crippen LogP contribution in [0.2, 0.25) is 0 Å². The SMILES string of the molecule is C1=C[C@H]2O[C@@H]1C1=C2c2ccc(cc2)-c2ccccc2-c2cccc1c2. The molecule has 4 aliphatic rings. The van der Waals surface area contributed by atoms with Crippen LogP contribution >= 0.6 is 0 Å². The highest BCUT2D eigenvalue weighted by Crippen LogP contribution is 2.46. The highest BCUT2D eigenvalue weighted by Gasteiger charge is 2.37. The van der Waals surface area contributed by atoms with Gasteiger partial charge in [-0.3, -0.25) is 0 Å². The number of ether oxygens (including phenoxy) is 1. The minimum atomic E-state index is 0.0749. The van der Waals surface area contributed by atoms with E-state index in [9.17, 15) is 0 Å². The first-order chi connectivity index (χ1) is 12.4. The molecule has 2 atom stereocenters. The summed E-state index contributed by atoms with van der Waals surface area (Å²) in [5, 5.41) is 0. The van der Waals surface area contributed by atoms with Crippen LogP contribution in [-0.4, -0.2) is 12.2 Å². The van der Waals surface area contributed by atoms with E-state index in [4.69, 9.17) is 4.74 Å². The number of hydrogen-bond acceptors (Lipinski definition) is 1. The predicted molar refractivity (Wildman–Crippen MR) is 102 cm³/mol. The van der Waals surface area contributed by atoms with Gasteiger partial charge in [-0.15, -0.1) is 0 Å². The lowest BCUT2D eigenvalue weighted by Gasteiger charge is -2.15. The number of benzene rings is 3. The Labute approximate surface area is 146 Å². The van der Waals surface area contributed by atoms with E-state index in [0.29, 0.717) is 0 Å². The van der Waals surface area contributed by atoms with E-state index < -0.39 is 0 Å². The van der Waals surface area contributed by atoms with Crippen LogP contribution in [0.4, 0.5) is 0 Å². The molecule has 3 aromatic rings. The molecule has 2 aliphatic carbocycles. The van der Waals surface area contributed by atoms with Crippen molar-refractivity contribution in [1.82, 2.24) is 0 Å². The Hall–Kier alpha value is -2.90. The molecule has 0 aromatic heterocycles. The Balaban J connectivity index is 1.74. The molecule has 1 nitrogen and oxygen atoms in total. The zero-order valence-electron chi connectivity index (χ0n) is 13.6. The van der Waals surface area contributed by atoms with Crippen LogP contribution in [0.5, 0.6) is 0 Å². The third kappa shape index (κ3) is 1.82. The molecule has 6 bridgehead atoms.